The number of Topliss-reactive ketones (excluding diaryl/α,β-unsaturated/α-hetero) is 1. The predicted molar refractivity (Wildman–Crippen MR) is 101 cm³/mol. The Morgan fingerprint density at radius 3 is 2.37 bits per heavy atom. The number of nitrogens with zero attached hydrogens (tertiary/aromatic N) is 3. The van der Waals surface area contributed by atoms with Crippen LogP contribution in [0.3, 0.4) is 0 Å². The number of aromatic nitrogens is 2. The molecule has 3 aromatic rings. The molecule has 1 amide bonds. The predicted octanol–water partition coefficient (Wildman–Crippen LogP) is 3.55. The summed E-state index contributed by atoms with van der Waals surface area (Å²) in [5.74, 6) is -0.153. The van der Waals surface area contributed by atoms with E-state index in [9.17, 15) is 9.59 Å². The molecule has 0 fully saturated rings. The van der Waals surface area contributed by atoms with Crippen LogP contribution in [-0.2, 0) is 0 Å². The minimum absolute atomic E-state index is 0.0784. The third kappa shape index (κ3) is 4.52. The third-order valence-electron chi connectivity index (χ3n) is 3.69. The number of nitrogens with one attached hydrogen (secondary N) is 2. The van der Waals surface area contributed by atoms with Crippen LogP contribution >= 0.6 is 0 Å². The van der Waals surface area contributed by atoms with E-state index in [4.69, 9.17) is 5.26 Å². The lowest BCUT2D eigenvalue weighted by Crippen LogP contribution is -2.13. The number of hydrogen-bond donors (Lipinski definition) is 2. The van der Waals surface area contributed by atoms with Crippen LogP contribution < -0.4 is 10.6 Å². The van der Waals surface area contributed by atoms with Gasteiger partial charge in [0.05, 0.1) is 17.2 Å². The number of benzene rings is 2. The Morgan fingerprint density at radius 1 is 0.963 bits per heavy atom. The quantitative estimate of drug-likeness (QED) is 0.676. The summed E-state index contributed by atoms with van der Waals surface area (Å²) in [5, 5.41) is 14.6. The van der Waals surface area contributed by atoms with Crippen molar-refractivity contribution in [3.8, 4) is 6.07 Å². The number of carbonyl (C=O) groups excluding carboxylic acids is 2. The lowest BCUT2D eigenvalue weighted by molar-refractivity contribution is 0.101. The maximum absolute atomic E-state index is 12.3. The van der Waals surface area contributed by atoms with Crippen molar-refractivity contribution in [2.75, 3.05) is 10.6 Å². The van der Waals surface area contributed by atoms with Crippen LogP contribution in [0.5, 0.6) is 0 Å². The number of nitriles is 1. The van der Waals surface area contributed by atoms with Gasteiger partial charge in [0.1, 0.15) is 0 Å². The normalized spacial score (nSPS) is 9.93. The summed E-state index contributed by atoms with van der Waals surface area (Å²) in [6.45, 7) is 1.47. The molecule has 2 N–H and O–H groups in total. The fraction of sp³-hybridized carbons (Fsp3) is 0.0500. The molecule has 3 rings (SSSR count). The Hall–Kier alpha value is -4.05. The first-order valence-electron chi connectivity index (χ1n) is 8.07. The first kappa shape index (κ1) is 17.8. The van der Waals surface area contributed by atoms with E-state index in [0.29, 0.717) is 28.5 Å². The van der Waals surface area contributed by atoms with Crippen molar-refractivity contribution in [1.82, 2.24) is 9.97 Å². The molecule has 0 saturated heterocycles. The lowest BCUT2D eigenvalue weighted by Gasteiger charge is -2.07. The van der Waals surface area contributed by atoms with Gasteiger partial charge in [-0.2, -0.15) is 5.26 Å². The Labute approximate surface area is 155 Å². The molecule has 0 aliphatic heterocycles. The van der Waals surface area contributed by atoms with E-state index in [1.807, 2.05) is 0 Å². The van der Waals surface area contributed by atoms with Crippen LogP contribution in [-0.4, -0.2) is 21.7 Å². The van der Waals surface area contributed by atoms with Gasteiger partial charge in [0.25, 0.3) is 5.91 Å². The van der Waals surface area contributed by atoms with E-state index in [0.717, 1.165) is 0 Å². The van der Waals surface area contributed by atoms with Gasteiger partial charge in [0.15, 0.2) is 5.78 Å². The number of anilines is 3. The van der Waals surface area contributed by atoms with E-state index < -0.39 is 0 Å². The van der Waals surface area contributed by atoms with Crippen LogP contribution in [0.2, 0.25) is 0 Å². The monoisotopic (exact) mass is 357 g/mol. The second-order valence-electron chi connectivity index (χ2n) is 5.70. The molecule has 1 aromatic heterocycles. The Morgan fingerprint density at radius 2 is 1.67 bits per heavy atom. The second-order valence-corrected chi connectivity index (χ2v) is 5.70. The van der Waals surface area contributed by atoms with Crippen molar-refractivity contribution in [3.05, 3.63) is 77.6 Å². The highest BCUT2D eigenvalue weighted by molar-refractivity contribution is 6.04. The van der Waals surface area contributed by atoms with Gasteiger partial charge in [-0.1, -0.05) is 18.2 Å². The Balaban J connectivity index is 1.69. The van der Waals surface area contributed by atoms with Gasteiger partial charge >= 0.3 is 0 Å². The molecule has 0 spiro atoms. The summed E-state index contributed by atoms with van der Waals surface area (Å²) in [5.41, 5.74) is 2.50. The molecule has 0 aliphatic carbocycles. The van der Waals surface area contributed by atoms with Crippen LogP contribution in [0, 0.1) is 11.3 Å². The van der Waals surface area contributed by atoms with E-state index in [1.165, 1.54) is 19.3 Å². The smallest absolute Gasteiger partial charge is 0.258 e. The molecular formula is C20H15N5O2. The number of carbonyl (C=O) groups is 2. The van der Waals surface area contributed by atoms with Gasteiger partial charge in [-0.15, -0.1) is 0 Å². The topological polar surface area (TPSA) is 108 Å². The molecule has 27 heavy (non-hydrogen) atoms. The average Bonchev–Trinajstić information content (AvgIpc) is 2.69. The number of ketones is 1. The van der Waals surface area contributed by atoms with Crippen LogP contribution in [0.4, 0.5) is 17.3 Å². The minimum atomic E-state index is -0.381. The molecule has 0 radical (unpaired) electrons. The van der Waals surface area contributed by atoms with Crippen LogP contribution in [0.25, 0.3) is 0 Å². The molecule has 0 saturated carbocycles. The Kier molecular flexibility index (Phi) is 5.19. The van der Waals surface area contributed by atoms with Gasteiger partial charge in [-0.25, -0.2) is 9.97 Å². The molecular weight excluding hydrogens is 342 g/mol. The molecule has 1 heterocycles. The first-order valence-corrected chi connectivity index (χ1v) is 8.07. The van der Waals surface area contributed by atoms with Crippen molar-refractivity contribution in [2.45, 2.75) is 6.92 Å². The summed E-state index contributed by atoms with van der Waals surface area (Å²) in [6, 6.07) is 15.6. The zero-order valence-corrected chi connectivity index (χ0v) is 14.4. The number of hydrogen-bond acceptors (Lipinski definition) is 6. The largest absolute Gasteiger partial charge is 0.324 e. The van der Waals surface area contributed by atoms with Crippen LogP contribution in [0.1, 0.15) is 33.2 Å². The molecule has 2 aromatic carbocycles. The molecule has 0 unspecified atom stereocenters. The summed E-state index contributed by atoms with van der Waals surface area (Å²) in [7, 11) is 0. The first-order chi connectivity index (χ1) is 13.0. The summed E-state index contributed by atoms with van der Waals surface area (Å²) >= 11 is 0. The van der Waals surface area contributed by atoms with E-state index >= 15 is 0 Å². The highest BCUT2D eigenvalue weighted by atomic mass is 16.1. The molecule has 0 aliphatic rings. The van der Waals surface area contributed by atoms with Gasteiger partial charge in [0.2, 0.25) is 5.95 Å². The maximum atomic E-state index is 12.3. The van der Waals surface area contributed by atoms with Gasteiger partial charge in [-0.05, 0) is 37.3 Å². The second kappa shape index (κ2) is 7.89. The van der Waals surface area contributed by atoms with Crippen molar-refractivity contribution in [1.29, 1.82) is 5.26 Å². The molecule has 0 atom stereocenters. The molecule has 0 bridgehead atoms. The van der Waals surface area contributed by atoms with Gasteiger partial charge in [-0.3, -0.25) is 9.59 Å². The van der Waals surface area contributed by atoms with E-state index in [-0.39, 0.29) is 17.3 Å². The number of rotatable bonds is 5. The summed E-state index contributed by atoms with van der Waals surface area (Å²) < 4.78 is 0. The molecule has 7 heteroatoms. The van der Waals surface area contributed by atoms with E-state index in [2.05, 4.69) is 26.7 Å². The van der Waals surface area contributed by atoms with Crippen molar-refractivity contribution in [2.24, 2.45) is 0 Å². The van der Waals surface area contributed by atoms with E-state index in [1.54, 1.807) is 48.5 Å². The highest BCUT2D eigenvalue weighted by Crippen LogP contribution is 2.15. The zero-order chi connectivity index (χ0) is 19.2. The van der Waals surface area contributed by atoms with Gasteiger partial charge < -0.3 is 10.6 Å². The van der Waals surface area contributed by atoms with Crippen molar-refractivity contribution in [3.63, 3.8) is 0 Å². The standard InChI is InChI=1S/C20H15N5O2/c1-13(26)15-5-3-7-18(9-15)24-19(27)16-11-22-20(23-12-16)25-17-6-2-4-14(8-17)10-21/h2-9,11-12H,1H3,(H,24,27)(H,22,23,25). The highest BCUT2D eigenvalue weighted by Gasteiger charge is 2.09. The van der Waals surface area contributed by atoms with Crippen molar-refractivity contribution >= 4 is 29.0 Å². The van der Waals surface area contributed by atoms with Gasteiger partial charge in [0, 0.05) is 29.3 Å². The number of amides is 1. The SMILES string of the molecule is CC(=O)c1cccc(NC(=O)c2cnc(Nc3cccc(C#N)c3)nc2)c1. The maximum Gasteiger partial charge on any atom is 0.258 e. The van der Waals surface area contributed by atoms with Crippen LogP contribution in [0.15, 0.2) is 60.9 Å². The average molecular weight is 357 g/mol. The zero-order valence-electron chi connectivity index (χ0n) is 14.4. The lowest BCUT2D eigenvalue weighted by atomic mass is 10.1. The third-order valence-corrected chi connectivity index (χ3v) is 3.69. The minimum Gasteiger partial charge on any atom is -0.324 e. The Bertz CT molecular complexity index is 1040. The summed E-state index contributed by atoms with van der Waals surface area (Å²) in [6.07, 6.45) is 2.79. The fourth-order valence-electron chi connectivity index (χ4n) is 2.32. The molecule has 132 valence electrons. The molecule has 7 nitrogen and oxygen atoms in total. The fourth-order valence-corrected chi connectivity index (χ4v) is 2.32. The van der Waals surface area contributed by atoms with Crippen molar-refractivity contribution < 1.29 is 9.59 Å². The summed E-state index contributed by atoms with van der Waals surface area (Å²) in [4.78, 5) is 32.0.